The van der Waals surface area contributed by atoms with Gasteiger partial charge in [0.1, 0.15) is 5.82 Å². The van der Waals surface area contributed by atoms with E-state index in [1.54, 1.807) is 0 Å². The number of fused-ring (bicyclic) bond motifs is 1. The van der Waals surface area contributed by atoms with Crippen molar-refractivity contribution in [1.29, 1.82) is 0 Å². The van der Waals surface area contributed by atoms with E-state index in [0.717, 1.165) is 37.9 Å². The standard InChI is InChI=1S/C17H23FN2O/c1-11(2)9-17(4-6-19-10-17)16(21)13-7-12-3-5-20-15(12)14(18)8-13/h7-8,11,19-20H,3-6,9-10H2,1-2H3/t17-/m0/s1. The van der Waals surface area contributed by atoms with Gasteiger partial charge in [-0.05, 0) is 49.4 Å². The lowest BCUT2D eigenvalue weighted by Crippen LogP contribution is -2.35. The quantitative estimate of drug-likeness (QED) is 0.838. The second kappa shape index (κ2) is 5.41. The lowest BCUT2D eigenvalue weighted by molar-refractivity contribution is 0.0781. The van der Waals surface area contributed by atoms with Gasteiger partial charge in [-0.25, -0.2) is 4.39 Å². The van der Waals surface area contributed by atoms with Gasteiger partial charge in [-0.1, -0.05) is 13.8 Å². The molecule has 1 fully saturated rings. The molecule has 0 unspecified atom stereocenters. The Bertz CT molecular complexity index is 562. The molecule has 1 saturated heterocycles. The maximum atomic E-state index is 14.2. The monoisotopic (exact) mass is 290 g/mol. The summed E-state index contributed by atoms with van der Waals surface area (Å²) in [5, 5.41) is 6.36. The second-order valence-electron chi connectivity index (χ2n) is 6.80. The second-order valence-corrected chi connectivity index (χ2v) is 6.80. The number of anilines is 1. The van der Waals surface area contributed by atoms with E-state index in [1.165, 1.54) is 6.07 Å². The minimum absolute atomic E-state index is 0.106. The molecule has 1 atom stereocenters. The van der Waals surface area contributed by atoms with Gasteiger partial charge in [0.15, 0.2) is 5.78 Å². The van der Waals surface area contributed by atoms with E-state index < -0.39 is 0 Å². The number of hydrogen-bond acceptors (Lipinski definition) is 3. The van der Waals surface area contributed by atoms with Crippen LogP contribution >= 0.6 is 0 Å². The van der Waals surface area contributed by atoms with Gasteiger partial charge in [-0.2, -0.15) is 0 Å². The van der Waals surface area contributed by atoms with Gasteiger partial charge in [-0.15, -0.1) is 0 Å². The summed E-state index contributed by atoms with van der Waals surface area (Å²) in [6.45, 7) is 6.61. The average Bonchev–Trinajstić information content (AvgIpc) is 3.06. The summed E-state index contributed by atoms with van der Waals surface area (Å²) in [7, 11) is 0. The summed E-state index contributed by atoms with van der Waals surface area (Å²) in [5.74, 6) is 0.267. The molecule has 1 aromatic carbocycles. The first-order valence-corrected chi connectivity index (χ1v) is 7.84. The van der Waals surface area contributed by atoms with Crippen LogP contribution < -0.4 is 10.6 Å². The SMILES string of the molecule is CC(C)C[C@@]1(C(=O)c2cc(F)c3c(c2)CCN3)CCNC1. The van der Waals surface area contributed by atoms with Crippen LogP contribution in [0, 0.1) is 17.2 Å². The first-order valence-electron chi connectivity index (χ1n) is 7.84. The molecule has 2 heterocycles. The number of hydrogen-bond donors (Lipinski definition) is 2. The summed E-state index contributed by atoms with van der Waals surface area (Å²) in [6, 6.07) is 3.31. The summed E-state index contributed by atoms with van der Waals surface area (Å²) < 4.78 is 14.2. The fraction of sp³-hybridized carbons (Fsp3) is 0.588. The van der Waals surface area contributed by atoms with Crippen LogP contribution in [0.4, 0.5) is 10.1 Å². The van der Waals surface area contributed by atoms with Crippen LogP contribution in [0.3, 0.4) is 0 Å². The Kier molecular flexibility index (Phi) is 3.74. The van der Waals surface area contributed by atoms with E-state index in [4.69, 9.17) is 0 Å². The zero-order valence-corrected chi connectivity index (χ0v) is 12.8. The van der Waals surface area contributed by atoms with Crippen molar-refractivity contribution in [3.63, 3.8) is 0 Å². The lowest BCUT2D eigenvalue weighted by Gasteiger charge is -2.29. The van der Waals surface area contributed by atoms with Crippen LogP contribution in [-0.4, -0.2) is 25.4 Å². The van der Waals surface area contributed by atoms with Crippen LogP contribution in [0.2, 0.25) is 0 Å². The van der Waals surface area contributed by atoms with E-state index in [-0.39, 0.29) is 17.0 Å². The third-order valence-corrected chi connectivity index (χ3v) is 4.65. The third-order valence-electron chi connectivity index (χ3n) is 4.65. The van der Waals surface area contributed by atoms with Crippen molar-refractivity contribution in [1.82, 2.24) is 5.32 Å². The predicted octanol–water partition coefficient (Wildman–Crippen LogP) is 3.00. The highest BCUT2D eigenvalue weighted by atomic mass is 19.1. The van der Waals surface area contributed by atoms with E-state index in [0.29, 0.717) is 23.7 Å². The van der Waals surface area contributed by atoms with Crippen molar-refractivity contribution < 1.29 is 9.18 Å². The Morgan fingerprint density at radius 1 is 1.38 bits per heavy atom. The molecule has 0 saturated carbocycles. The molecule has 3 rings (SSSR count). The molecule has 4 heteroatoms. The number of ketones is 1. The van der Waals surface area contributed by atoms with Crippen molar-refractivity contribution in [2.45, 2.75) is 33.1 Å². The Labute approximate surface area is 125 Å². The van der Waals surface area contributed by atoms with Gasteiger partial charge < -0.3 is 10.6 Å². The molecule has 0 amide bonds. The number of nitrogens with one attached hydrogen (secondary N) is 2. The maximum Gasteiger partial charge on any atom is 0.170 e. The topological polar surface area (TPSA) is 41.1 Å². The molecule has 21 heavy (non-hydrogen) atoms. The first-order chi connectivity index (χ1) is 10.0. The van der Waals surface area contributed by atoms with Crippen molar-refractivity contribution in [2.24, 2.45) is 11.3 Å². The molecule has 3 nitrogen and oxygen atoms in total. The van der Waals surface area contributed by atoms with Crippen LogP contribution in [0.5, 0.6) is 0 Å². The largest absolute Gasteiger partial charge is 0.382 e. The van der Waals surface area contributed by atoms with Crippen LogP contribution in [-0.2, 0) is 6.42 Å². The number of Topliss-reactive ketones (excluding diaryl/α,β-unsaturated/α-hetero) is 1. The van der Waals surface area contributed by atoms with Crippen LogP contribution in [0.1, 0.15) is 42.6 Å². The Balaban J connectivity index is 1.95. The molecule has 0 aliphatic carbocycles. The van der Waals surface area contributed by atoms with E-state index in [2.05, 4.69) is 24.5 Å². The maximum absolute atomic E-state index is 14.2. The number of carbonyl (C=O) groups is 1. The van der Waals surface area contributed by atoms with Gasteiger partial charge >= 0.3 is 0 Å². The fourth-order valence-corrected chi connectivity index (χ4v) is 3.80. The average molecular weight is 290 g/mol. The van der Waals surface area contributed by atoms with Crippen molar-refractivity contribution >= 4 is 11.5 Å². The van der Waals surface area contributed by atoms with Gasteiger partial charge in [0, 0.05) is 24.1 Å². The molecule has 1 aromatic rings. The molecule has 2 N–H and O–H groups in total. The predicted molar refractivity (Wildman–Crippen MR) is 82.3 cm³/mol. The molecule has 0 spiro atoms. The Hall–Kier alpha value is -1.42. The normalized spacial score (nSPS) is 24.2. The third kappa shape index (κ3) is 2.57. The molecule has 0 aromatic heterocycles. The highest BCUT2D eigenvalue weighted by Gasteiger charge is 2.42. The molecular formula is C17H23FN2O. The highest BCUT2D eigenvalue weighted by molar-refractivity contribution is 6.01. The van der Waals surface area contributed by atoms with Crippen molar-refractivity contribution in [3.8, 4) is 0 Å². The number of benzene rings is 1. The molecule has 2 aliphatic rings. The number of halogens is 1. The van der Waals surface area contributed by atoms with Crippen molar-refractivity contribution in [3.05, 3.63) is 29.1 Å². The zero-order valence-electron chi connectivity index (χ0n) is 12.8. The smallest absolute Gasteiger partial charge is 0.170 e. The Morgan fingerprint density at radius 2 is 2.19 bits per heavy atom. The summed E-state index contributed by atoms with van der Waals surface area (Å²) >= 11 is 0. The molecule has 0 radical (unpaired) electrons. The fourth-order valence-electron chi connectivity index (χ4n) is 3.80. The Morgan fingerprint density at radius 3 is 2.86 bits per heavy atom. The lowest BCUT2D eigenvalue weighted by atomic mass is 9.73. The zero-order chi connectivity index (χ0) is 15.0. The van der Waals surface area contributed by atoms with E-state index in [1.807, 2.05) is 6.07 Å². The number of carbonyl (C=O) groups excluding carboxylic acids is 1. The highest BCUT2D eigenvalue weighted by Crippen LogP contribution is 2.38. The minimum Gasteiger partial charge on any atom is -0.382 e. The molecular weight excluding hydrogens is 267 g/mol. The van der Waals surface area contributed by atoms with Gasteiger partial charge in [0.25, 0.3) is 0 Å². The molecule has 114 valence electrons. The van der Waals surface area contributed by atoms with Gasteiger partial charge in [-0.3, -0.25) is 4.79 Å². The number of rotatable bonds is 4. The molecule has 2 aliphatic heterocycles. The van der Waals surface area contributed by atoms with Crippen molar-refractivity contribution in [2.75, 3.05) is 25.0 Å². The van der Waals surface area contributed by atoms with Crippen LogP contribution in [0.25, 0.3) is 0 Å². The van der Waals surface area contributed by atoms with E-state index >= 15 is 0 Å². The van der Waals surface area contributed by atoms with Gasteiger partial charge in [0.2, 0.25) is 0 Å². The molecule has 0 bridgehead atoms. The first kappa shape index (κ1) is 14.5. The summed E-state index contributed by atoms with van der Waals surface area (Å²) in [5.41, 5.74) is 1.69. The minimum atomic E-state index is -0.360. The van der Waals surface area contributed by atoms with Gasteiger partial charge in [0.05, 0.1) is 5.69 Å². The summed E-state index contributed by atoms with van der Waals surface area (Å²) in [6.07, 6.45) is 2.50. The summed E-state index contributed by atoms with van der Waals surface area (Å²) in [4.78, 5) is 13.0. The van der Waals surface area contributed by atoms with Crippen LogP contribution in [0.15, 0.2) is 12.1 Å². The van der Waals surface area contributed by atoms with E-state index in [9.17, 15) is 9.18 Å².